The molecule has 1 saturated heterocycles. The summed E-state index contributed by atoms with van der Waals surface area (Å²) in [5.74, 6) is 0. The number of hydrogen-bond acceptors (Lipinski definition) is 4. The summed E-state index contributed by atoms with van der Waals surface area (Å²) < 4.78 is 10.9. The van der Waals surface area contributed by atoms with Gasteiger partial charge in [0.25, 0.3) is 0 Å². The maximum absolute atomic E-state index is 12.3. The molecule has 1 rings (SSSR count). The van der Waals surface area contributed by atoms with E-state index in [4.69, 9.17) is 9.47 Å². The molecule has 1 fully saturated rings. The molecule has 1 amide bonds. The summed E-state index contributed by atoms with van der Waals surface area (Å²) in [5.41, 5.74) is -0.430. The average molecular weight is 314 g/mol. The first kappa shape index (κ1) is 19.2. The van der Waals surface area contributed by atoms with Crippen LogP contribution in [0.5, 0.6) is 0 Å². The van der Waals surface area contributed by atoms with E-state index in [1.54, 1.807) is 0 Å². The fourth-order valence-corrected chi connectivity index (χ4v) is 2.95. The van der Waals surface area contributed by atoms with Crippen LogP contribution in [0.1, 0.15) is 60.8 Å². The second kappa shape index (κ2) is 8.73. The van der Waals surface area contributed by atoms with Crippen molar-refractivity contribution in [2.45, 2.75) is 84.5 Å². The van der Waals surface area contributed by atoms with Gasteiger partial charge in [-0.1, -0.05) is 0 Å². The van der Waals surface area contributed by atoms with Gasteiger partial charge in [-0.25, -0.2) is 4.79 Å². The number of carbonyl (C=O) groups is 1. The largest absolute Gasteiger partial charge is 0.444 e. The van der Waals surface area contributed by atoms with Crippen LogP contribution in [-0.2, 0) is 9.47 Å². The SMILES string of the molecule is CCOCC(C)NC(C)CC1CCCN1C(=O)OC(C)(C)C. The Bertz CT molecular complexity index is 341. The third-order valence-corrected chi connectivity index (χ3v) is 3.77. The van der Waals surface area contributed by atoms with Gasteiger partial charge in [-0.15, -0.1) is 0 Å². The van der Waals surface area contributed by atoms with Crippen molar-refractivity contribution in [2.24, 2.45) is 0 Å². The van der Waals surface area contributed by atoms with E-state index >= 15 is 0 Å². The molecule has 0 spiro atoms. The number of hydrogen-bond donors (Lipinski definition) is 1. The number of likely N-dealkylation sites (tertiary alicyclic amines) is 1. The molecule has 0 radical (unpaired) electrons. The summed E-state index contributed by atoms with van der Waals surface area (Å²) in [6.45, 7) is 14.3. The van der Waals surface area contributed by atoms with Gasteiger partial charge in [0.2, 0.25) is 0 Å². The molecule has 0 saturated carbocycles. The van der Waals surface area contributed by atoms with Crippen molar-refractivity contribution in [2.75, 3.05) is 19.8 Å². The Morgan fingerprint density at radius 2 is 2.00 bits per heavy atom. The highest BCUT2D eigenvalue weighted by Gasteiger charge is 2.32. The third kappa shape index (κ3) is 6.97. The van der Waals surface area contributed by atoms with E-state index in [2.05, 4.69) is 19.2 Å². The van der Waals surface area contributed by atoms with Gasteiger partial charge in [-0.2, -0.15) is 0 Å². The number of ether oxygens (including phenoxy) is 2. The summed E-state index contributed by atoms with van der Waals surface area (Å²) in [7, 11) is 0. The van der Waals surface area contributed by atoms with Gasteiger partial charge in [0.1, 0.15) is 5.60 Å². The van der Waals surface area contributed by atoms with Crippen molar-refractivity contribution in [1.82, 2.24) is 10.2 Å². The van der Waals surface area contributed by atoms with E-state index in [9.17, 15) is 4.79 Å². The van der Waals surface area contributed by atoms with Crippen molar-refractivity contribution in [3.05, 3.63) is 0 Å². The monoisotopic (exact) mass is 314 g/mol. The average Bonchev–Trinajstić information content (AvgIpc) is 2.82. The zero-order chi connectivity index (χ0) is 16.8. The lowest BCUT2D eigenvalue weighted by molar-refractivity contribution is 0.0212. The van der Waals surface area contributed by atoms with Crippen LogP contribution in [0, 0.1) is 0 Å². The molecular weight excluding hydrogens is 280 g/mol. The van der Waals surface area contributed by atoms with E-state index in [0.717, 1.165) is 39.0 Å². The highest BCUT2D eigenvalue weighted by atomic mass is 16.6. The topological polar surface area (TPSA) is 50.8 Å². The first-order valence-electron chi connectivity index (χ1n) is 8.56. The maximum atomic E-state index is 12.3. The summed E-state index contributed by atoms with van der Waals surface area (Å²) in [6.07, 6.45) is 2.90. The van der Waals surface area contributed by atoms with E-state index in [1.807, 2.05) is 32.6 Å². The van der Waals surface area contributed by atoms with Crippen LogP contribution in [0.3, 0.4) is 0 Å². The minimum Gasteiger partial charge on any atom is -0.444 e. The Morgan fingerprint density at radius 1 is 1.32 bits per heavy atom. The van der Waals surface area contributed by atoms with Gasteiger partial charge in [-0.05, 0) is 60.8 Å². The zero-order valence-electron chi connectivity index (χ0n) is 15.1. The van der Waals surface area contributed by atoms with Crippen LogP contribution in [0.4, 0.5) is 4.79 Å². The number of amides is 1. The molecule has 0 aromatic carbocycles. The Kier molecular flexibility index (Phi) is 7.63. The highest BCUT2D eigenvalue weighted by molar-refractivity contribution is 5.68. The first-order chi connectivity index (χ1) is 10.2. The Hall–Kier alpha value is -0.810. The second-order valence-electron chi connectivity index (χ2n) is 7.33. The zero-order valence-corrected chi connectivity index (χ0v) is 15.1. The lowest BCUT2D eigenvalue weighted by Crippen LogP contribution is -2.44. The van der Waals surface area contributed by atoms with Gasteiger partial charge < -0.3 is 19.7 Å². The first-order valence-corrected chi connectivity index (χ1v) is 8.56. The highest BCUT2D eigenvalue weighted by Crippen LogP contribution is 2.24. The minimum absolute atomic E-state index is 0.176. The standard InChI is InChI=1S/C17H34N2O3/c1-7-21-12-14(3)18-13(2)11-15-9-8-10-19(15)16(20)22-17(4,5)6/h13-15,18H,7-12H2,1-6H3. The molecule has 0 aromatic rings. The normalized spacial score (nSPS) is 21.7. The lowest BCUT2D eigenvalue weighted by atomic mass is 10.1. The van der Waals surface area contributed by atoms with Crippen molar-refractivity contribution in [1.29, 1.82) is 0 Å². The maximum Gasteiger partial charge on any atom is 0.410 e. The molecule has 3 unspecified atom stereocenters. The Morgan fingerprint density at radius 3 is 2.59 bits per heavy atom. The van der Waals surface area contributed by atoms with Crippen LogP contribution >= 0.6 is 0 Å². The van der Waals surface area contributed by atoms with Crippen LogP contribution < -0.4 is 5.32 Å². The van der Waals surface area contributed by atoms with Crippen LogP contribution in [-0.4, -0.2) is 54.5 Å². The molecule has 130 valence electrons. The fourth-order valence-electron chi connectivity index (χ4n) is 2.95. The number of nitrogens with one attached hydrogen (secondary N) is 1. The van der Waals surface area contributed by atoms with E-state index in [0.29, 0.717) is 12.1 Å². The molecule has 0 bridgehead atoms. The minimum atomic E-state index is -0.430. The Balaban J connectivity index is 2.44. The smallest absolute Gasteiger partial charge is 0.410 e. The van der Waals surface area contributed by atoms with Gasteiger partial charge in [-0.3, -0.25) is 0 Å². The van der Waals surface area contributed by atoms with E-state index in [1.165, 1.54) is 0 Å². The molecule has 1 heterocycles. The predicted molar refractivity (Wildman–Crippen MR) is 89.1 cm³/mol. The second-order valence-corrected chi connectivity index (χ2v) is 7.33. The van der Waals surface area contributed by atoms with Crippen LogP contribution in [0.25, 0.3) is 0 Å². The molecule has 0 aliphatic carbocycles. The van der Waals surface area contributed by atoms with Crippen LogP contribution in [0.15, 0.2) is 0 Å². The van der Waals surface area contributed by atoms with Gasteiger partial charge >= 0.3 is 6.09 Å². The van der Waals surface area contributed by atoms with E-state index in [-0.39, 0.29) is 12.1 Å². The predicted octanol–water partition coefficient (Wildman–Crippen LogP) is 3.18. The van der Waals surface area contributed by atoms with E-state index < -0.39 is 5.60 Å². The number of carbonyl (C=O) groups excluding carboxylic acids is 1. The molecule has 3 atom stereocenters. The third-order valence-electron chi connectivity index (χ3n) is 3.77. The fraction of sp³-hybridized carbons (Fsp3) is 0.941. The number of rotatable bonds is 7. The summed E-state index contributed by atoms with van der Waals surface area (Å²) >= 11 is 0. The van der Waals surface area contributed by atoms with Crippen molar-refractivity contribution < 1.29 is 14.3 Å². The summed E-state index contributed by atoms with van der Waals surface area (Å²) in [5, 5.41) is 3.55. The lowest BCUT2D eigenvalue weighted by Gasteiger charge is -2.30. The van der Waals surface area contributed by atoms with Crippen molar-refractivity contribution in [3.8, 4) is 0 Å². The van der Waals surface area contributed by atoms with Gasteiger partial charge in [0, 0.05) is 31.3 Å². The van der Waals surface area contributed by atoms with Crippen molar-refractivity contribution >= 4 is 6.09 Å². The molecule has 1 aliphatic heterocycles. The van der Waals surface area contributed by atoms with Crippen molar-refractivity contribution in [3.63, 3.8) is 0 Å². The summed E-state index contributed by atoms with van der Waals surface area (Å²) in [6, 6.07) is 0.950. The Labute approximate surface area is 135 Å². The van der Waals surface area contributed by atoms with Gasteiger partial charge in [0.15, 0.2) is 0 Å². The molecule has 1 N–H and O–H groups in total. The molecule has 0 aromatic heterocycles. The van der Waals surface area contributed by atoms with Crippen LogP contribution in [0.2, 0.25) is 0 Å². The quantitative estimate of drug-likeness (QED) is 0.784. The van der Waals surface area contributed by atoms with Gasteiger partial charge in [0.05, 0.1) is 6.61 Å². The molecule has 5 heteroatoms. The molecule has 5 nitrogen and oxygen atoms in total. The number of nitrogens with zero attached hydrogens (tertiary/aromatic N) is 1. The molecule has 1 aliphatic rings. The summed E-state index contributed by atoms with van der Waals surface area (Å²) in [4.78, 5) is 14.2. The molecule has 22 heavy (non-hydrogen) atoms. The molecular formula is C17H34N2O3.